The van der Waals surface area contributed by atoms with Gasteiger partial charge in [0.05, 0.1) is 10.7 Å². The number of aliphatic hydroxyl groups excluding tert-OH is 1. The van der Waals surface area contributed by atoms with Crippen LogP contribution in [0.3, 0.4) is 0 Å². The van der Waals surface area contributed by atoms with E-state index in [0.717, 1.165) is 23.8 Å². The average molecular weight is 318 g/mol. The summed E-state index contributed by atoms with van der Waals surface area (Å²) in [6, 6.07) is 10.4. The topological polar surface area (TPSA) is 45.2 Å². The summed E-state index contributed by atoms with van der Waals surface area (Å²) in [5.41, 5.74) is 2.23. The first kappa shape index (κ1) is 17.1. The van der Waals surface area contributed by atoms with Gasteiger partial charge in [0, 0.05) is 30.5 Å². The van der Waals surface area contributed by atoms with Gasteiger partial charge in [0.2, 0.25) is 0 Å². The maximum Gasteiger partial charge on any atom is 0.0900 e. The van der Waals surface area contributed by atoms with E-state index >= 15 is 0 Å². The largest absolute Gasteiger partial charge is 0.396 e. The van der Waals surface area contributed by atoms with Crippen LogP contribution in [0.5, 0.6) is 0 Å². The van der Waals surface area contributed by atoms with Gasteiger partial charge in [-0.1, -0.05) is 44.2 Å². The summed E-state index contributed by atoms with van der Waals surface area (Å²) < 4.78 is 0. The lowest BCUT2D eigenvalue weighted by molar-refractivity contribution is 0.129. The number of nitrogens with one attached hydrogen (secondary N) is 1. The molecule has 1 atom stereocenters. The number of thiazole rings is 1. The second-order valence-corrected chi connectivity index (χ2v) is 7.77. The van der Waals surface area contributed by atoms with Crippen LogP contribution in [0.15, 0.2) is 30.3 Å². The van der Waals surface area contributed by atoms with Crippen LogP contribution in [0.1, 0.15) is 40.9 Å². The smallest absolute Gasteiger partial charge is 0.0900 e. The van der Waals surface area contributed by atoms with E-state index < -0.39 is 0 Å². The third-order valence-corrected chi connectivity index (χ3v) is 5.26. The van der Waals surface area contributed by atoms with Gasteiger partial charge < -0.3 is 10.4 Å². The number of aromatic nitrogens is 1. The van der Waals surface area contributed by atoms with Crippen molar-refractivity contribution >= 4 is 11.3 Å². The first-order valence-electron chi connectivity index (χ1n) is 7.73. The SMILES string of the molecule is Cc1nc(C)c(CNCC(c2ccccc2)C(C)(C)CO)s1. The highest BCUT2D eigenvalue weighted by Crippen LogP contribution is 2.34. The van der Waals surface area contributed by atoms with Crippen LogP contribution >= 0.6 is 11.3 Å². The maximum absolute atomic E-state index is 9.75. The first-order valence-corrected chi connectivity index (χ1v) is 8.55. The number of aliphatic hydroxyl groups is 1. The van der Waals surface area contributed by atoms with Crippen molar-refractivity contribution < 1.29 is 5.11 Å². The molecular formula is C18H26N2OS. The lowest BCUT2D eigenvalue weighted by Crippen LogP contribution is -2.34. The molecule has 0 radical (unpaired) electrons. The zero-order valence-electron chi connectivity index (χ0n) is 13.9. The Hall–Kier alpha value is -1.23. The molecule has 0 spiro atoms. The van der Waals surface area contributed by atoms with Crippen molar-refractivity contribution in [3.05, 3.63) is 51.5 Å². The Labute approximate surface area is 137 Å². The maximum atomic E-state index is 9.75. The Morgan fingerprint density at radius 1 is 1.23 bits per heavy atom. The third-order valence-electron chi connectivity index (χ3n) is 4.19. The van der Waals surface area contributed by atoms with Crippen LogP contribution in [-0.2, 0) is 6.54 Å². The zero-order valence-corrected chi connectivity index (χ0v) is 14.7. The van der Waals surface area contributed by atoms with Crippen LogP contribution in [0, 0.1) is 19.3 Å². The van der Waals surface area contributed by atoms with Gasteiger partial charge in [0.25, 0.3) is 0 Å². The van der Waals surface area contributed by atoms with Crippen molar-refractivity contribution in [2.24, 2.45) is 5.41 Å². The highest BCUT2D eigenvalue weighted by atomic mass is 32.1. The second-order valence-electron chi connectivity index (χ2n) is 6.48. The van der Waals surface area contributed by atoms with Crippen LogP contribution in [0.2, 0.25) is 0 Å². The Balaban J connectivity index is 2.06. The molecule has 0 amide bonds. The van der Waals surface area contributed by atoms with Crippen molar-refractivity contribution in [3.63, 3.8) is 0 Å². The molecule has 1 aromatic carbocycles. The van der Waals surface area contributed by atoms with E-state index in [1.165, 1.54) is 10.4 Å². The van der Waals surface area contributed by atoms with E-state index in [-0.39, 0.29) is 17.9 Å². The van der Waals surface area contributed by atoms with E-state index in [4.69, 9.17) is 0 Å². The molecule has 1 heterocycles. The fourth-order valence-corrected chi connectivity index (χ4v) is 3.62. The lowest BCUT2D eigenvalue weighted by atomic mass is 9.75. The molecule has 1 unspecified atom stereocenters. The van der Waals surface area contributed by atoms with Crippen molar-refractivity contribution in [3.8, 4) is 0 Å². The Bertz CT molecular complexity index is 592. The highest BCUT2D eigenvalue weighted by Gasteiger charge is 2.29. The minimum atomic E-state index is -0.160. The number of benzene rings is 1. The molecule has 0 bridgehead atoms. The quantitative estimate of drug-likeness (QED) is 0.819. The van der Waals surface area contributed by atoms with Gasteiger partial charge >= 0.3 is 0 Å². The Morgan fingerprint density at radius 3 is 2.45 bits per heavy atom. The average Bonchev–Trinajstić information content (AvgIpc) is 2.82. The summed E-state index contributed by atoms with van der Waals surface area (Å²) in [6.07, 6.45) is 0. The molecule has 2 N–H and O–H groups in total. The number of hydrogen-bond donors (Lipinski definition) is 2. The predicted octanol–water partition coefficient (Wildman–Crippen LogP) is 3.65. The summed E-state index contributed by atoms with van der Waals surface area (Å²) >= 11 is 1.75. The predicted molar refractivity (Wildman–Crippen MR) is 93.3 cm³/mol. The van der Waals surface area contributed by atoms with Gasteiger partial charge in [0.1, 0.15) is 0 Å². The van der Waals surface area contributed by atoms with Gasteiger partial charge in [-0.05, 0) is 24.8 Å². The number of nitrogens with zero attached hydrogens (tertiary/aromatic N) is 1. The molecule has 2 aromatic rings. The molecule has 0 saturated carbocycles. The molecule has 3 nitrogen and oxygen atoms in total. The highest BCUT2D eigenvalue weighted by molar-refractivity contribution is 7.11. The van der Waals surface area contributed by atoms with E-state index in [9.17, 15) is 5.11 Å². The van der Waals surface area contributed by atoms with Crippen molar-refractivity contribution in [2.75, 3.05) is 13.2 Å². The van der Waals surface area contributed by atoms with Gasteiger partial charge in [-0.25, -0.2) is 4.98 Å². The van der Waals surface area contributed by atoms with Crippen LogP contribution in [0.4, 0.5) is 0 Å². The minimum Gasteiger partial charge on any atom is -0.396 e. The summed E-state index contributed by atoms with van der Waals surface area (Å²) in [6.45, 7) is 10.2. The summed E-state index contributed by atoms with van der Waals surface area (Å²) in [5, 5.41) is 14.4. The molecule has 0 aliphatic carbocycles. The van der Waals surface area contributed by atoms with Crippen LogP contribution in [-0.4, -0.2) is 23.2 Å². The Morgan fingerprint density at radius 2 is 1.91 bits per heavy atom. The molecule has 1 aromatic heterocycles. The molecule has 0 saturated heterocycles. The van der Waals surface area contributed by atoms with Crippen LogP contribution < -0.4 is 5.32 Å². The summed E-state index contributed by atoms with van der Waals surface area (Å²) in [5.74, 6) is 0.271. The fourth-order valence-electron chi connectivity index (χ4n) is 2.71. The molecule has 22 heavy (non-hydrogen) atoms. The minimum absolute atomic E-state index is 0.160. The standard InChI is InChI=1S/C18H26N2OS/c1-13-17(22-14(2)20-13)11-19-10-16(18(3,4)12-21)15-8-6-5-7-9-15/h5-9,16,19,21H,10-12H2,1-4H3. The van der Waals surface area contributed by atoms with Gasteiger partial charge in [-0.2, -0.15) is 0 Å². The molecular weight excluding hydrogens is 292 g/mol. The third kappa shape index (κ3) is 4.15. The molecule has 120 valence electrons. The van der Waals surface area contributed by atoms with Gasteiger partial charge in [-0.3, -0.25) is 0 Å². The molecule has 4 heteroatoms. The van der Waals surface area contributed by atoms with E-state index in [0.29, 0.717) is 0 Å². The normalized spacial score (nSPS) is 13.3. The molecule has 0 aliphatic heterocycles. The second kappa shape index (κ2) is 7.36. The lowest BCUT2D eigenvalue weighted by Gasteiger charge is -2.33. The monoisotopic (exact) mass is 318 g/mol. The molecule has 0 fully saturated rings. The first-order chi connectivity index (χ1) is 10.4. The van der Waals surface area contributed by atoms with Crippen LogP contribution in [0.25, 0.3) is 0 Å². The van der Waals surface area contributed by atoms with Crippen molar-refractivity contribution in [2.45, 2.75) is 40.2 Å². The Kier molecular flexibility index (Phi) is 5.73. The summed E-state index contributed by atoms with van der Waals surface area (Å²) in [7, 11) is 0. The summed E-state index contributed by atoms with van der Waals surface area (Å²) in [4.78, 5) is 5.77. The van der Waals surface area contributed by atoms with E-state index in [1.807, 2.05) is 13.0 Å². The van der Waals surface area contributed by atoms with Crippen molar-refractivity contribution in [1.29, 1.82) is 0 Å². The van der Waals surface area contributed by atoms with E-state index in [2.05, 4.69) is 55.3 Å². The van der Waals surface area contributed by atoms with E-state index in [1.54, 1.807) is 11.3 Å². The number of aryl methyl sites for hydroxylation is 2. The molecule has 2 rings (SSSR count). The zero-order chi connectivity index (χ0) is 16.2. The van der Waals surface area contributed by atoms with Gasteiger partial charge in [0.15, 0.2) is 0 Å². The van der Waals surface area contributed by atoms with Crippen molar-refractivity contribution in [1.82, 2.24) is 10.3 Å². The van der Waals surface area contributed by atoms with Gasteiger partial charge in [-0.15, -0.1) is 11.3 Å². The molecule has 0 aliphatic rings. The number of hydrogen-bond acceptors (Lipinski definition) is 4. The number of rotatable bonds is 7. The fraction of sp³-hybridized carbons (Fsp3) is 0.500.